The van der Waals surface area contributed by atoms with Crippen LogP contribution in [0.5, 0.6) is 0 Å². The van der Waals surface area contributed by atoms with E-state index < -0.39 is 0 Å². The van der Waals surface area contributed by atoms with Crippen LogP contribution in [0.25, 0.3) is 0 Å². The molecule has 2 N–H and O–H groups in total. The topological polar surface area (TPSA) is 64.7 Å². The van der Waals surface area contributed by atoms with Gasteiger partial charge in [-0.05, 0) is 19.4 Å². The van der Waals surface area contributed by atoms with Gasteiger partial charge in [-0.1, -0.05) is 6.42 Å². The molecule has 0 amide bonds. The number of nitrogens with zero attached hydrogens (tertiary/aromatic N) is 3. The van der Waals surface area contributed by atoms with Crippen molar-refractivity contribution in [1.29, 1.82) is 0 Å². The minimum atomic E-state index is 0.772. The van der Waals surface area contributed by atoms with Gasteiger partial charge in [0.1, 0.15) is 0 Å². The lowest BCUT2D eigenvalue weighted by molar-refractivity contribution is 0.660. The van der Waals surface area contributed by atoms with E-state index >= 15 is 0 Å². The number of hydrogen-bond donors (Lipinski definition) is 1. The Kier molecular flexibility index (Phi) is 4.23. The summed E-state index contributed by atoms with van der Waals surface area (Å²) in [6, 6.07) is 0. The highest BCUT2D eigenvalue weighted by molar-refractivity contribution is 4.81. The summed E-state index contributed by atoms with van der Waals surface area (Å²) in [5.41, 5.74) is 5.36. The largest absolute Gasteiger partial charge is 0.330 e. The third-order valence-corrected chi connectivity index (χ3v) is 1.63. The number of rotatable bonds is 5. The van der Waals surface area contributed by atoms with Gasteiger partial charge in [0.15, 0.2) is 5.82 Å². The molecule has 0 atom stereocenters. The molecule has 0 bridgehead atoms. The van der Waals surface area contributed by atoms with E-state index in [4.69, 9.17) is 5.73 Å². The molecule has 0 aliphatic carbocycles. The van der Waals surface area contributed by atoms with Gasteiger partial charge in [-0.15, -0.1) is 5.10 Å². The van der Waals surface area contributed by atoms with E-state index in [-0.39, 0.29) is 0 Å². The zero-order chi connectivity index (χ0) is 8.65. The quantitative estimate of drug-likeness (QED) is 0.648. The van der Waals surface area contributed by atoms with Crippen LogP contribution in [0.1, 0.15) is 25.1 Å². The molecular weight excluding hydrogens is 152 g/mol. The smallest absolute Gasteiger partial charge is 0.150 e. The minimum Gasteiger partial charge on any atom is -0.330 e. The molecule has 0 saturated carbocycles. The fourth-order valence-electron chi connectivity index (χ4n) is 0.994. The second-order valence-electron chi connectivity index (χ2n) is 2.66. The third kappa shape index (κ3) is 3.39. The van der Waals surface area contributed by atoms with Gasteiger partial charge < -0.3 is 5.73 Å². The summed E-state index contributed by atoms with van der Waals surface area (Å²) < 4.78 is 0. The van der Waals surface area contributed by atoms with Crippen LogP contribution in [0.15, 0.2) is 12.4 Å². The highest BCUT2D eigenvalue weighted by Gasteiger charge is 1.94. The van der Waals surface area contributed by atoms with Crippen molar-refractivity contribution in [2.75, 3.05) is 6.54 Å². The van der Waals surface area contributed by atoms with E-state index in [0.29, 0.717) is 0 Å². The Balaban J connectivity index is 2.16. The molecule has 1 heterocycles. The van der Waals surface area contributed by atoms with E-state index in [1.807, 2.05) is 0 Å². The van der Waals surface area contributed by atoms with Crippen LogP contribution in [0.2, 0.25) is 0 Å². The van der Waals surface area contributed by atoms with Gasteiger partial charge in [0.25, 0.3) is 0 Å². The van der Waals surface area contributed by atoms with E-state index in [1.165, 1.54) is 0 Å². The molecule has 4 nitrogen and oxygen atoms in total. The normalized spacial score (nSPS) is 10.1. The molecule has 1 aromatic heterocycles. The molecule has 0 aliphatic heterocycles. The zero-order valence-corrected chi connectivity index (χ0v) is 7.11. The number of nitrogens with two attached hydrogens (primary N) is 1. The van der Waals surface area contributed by atoms with Crippen molar-refractivity contribution in [3.63, 3.8) is 0 Å². The SMILES string of the molecule is NCCCCCc1nccnn1. The monoisotopic (exact) mass is 166 g/mol. The summed E-state index contributed by atoms with van der Waals surface area (Å²) in [4.78, 5) is 4.07. The maximum Gasteiger partial charge on any atom is 0.150 e. The number of aromatic nitrogens is 3. The van der Waals surface area contributed by atoms with Gasteiger partial charge in [-0.25, -0.2) is 4.98 Å². The van der Waals surface area contributed by atoms with Crippen LogP contribution in [-0.2, 0) is 6.42 Å². The lowest BCUT2D eigenvalue weighted by Crippen LogP contribution is -2.00. The Bertz CT molecular complexity index is 199. The summed E-state index contributed by atoms with van der Waals surface area (Å²) in [6.45, 7) is 0.772. The second kappa shape index (κ2) is 5.60. The van der Waals surface area contributed by atoms with E-state index in [0.717, 1.165) is 38.1 Å². The van der Waals surface area contributed by atoms with Crippen LogP contribution < -0.4 is 5.73 Å². The Morgan fingerprint density at radius 1 is 1.17 bits per heavy atom. The lowest BCUT2D eigenvalue weighted by Gasteiger charge is -1.96. The summed E-state index contributed by atoms with van der Waals surface area (Å²) in [6.07, 6.45) is 7.50. The Morgan fingerprint density at radius 3 is 2.75 bits per heavy atom. The second-order valence-corrected chi connectivity index (χ2v) is 2.66. The van der Waals surface area contributed by atoms with Crippen molar-refractivity contribution in [3.8, 4) is 0 Å². The molecule has 0 unspecified atom stereocenters. The van der Waals surface area contributed by atoms with Gasteiger partial charge in [0.05, 0.1) is 6.20 Å². The molecule has 0 radical (unpaired) electrons. The molecule has 0 saturated heterocycles. The molecule has 1 aromatic rings. The summed E-state index contributed by atoms with van der Waals surface area (Å²) >= 11 is 0. The zero-order valence-electron chi connectivity index (χ0n) is 7.11. The molecule has 0 aliphatic rings. The average Bonchev–Trinajstić information content (AvgIpc) is 2.14. The van der Waals surface area contributed by atoms with Crippen LogP contribution in [0.3, 0.4) is 0 Å². The van der Waals surface area contributed by atoms with Crippen LogP contribution in [0.4, 0.5) is 0 Å². The fraction of sp³-hybridized carbons (Fsp3) is 0.625. The highest BCUT2D eigenvalue weighted by Crippen LogP contribution is 1.98. The van der Waals surface area contributed by atoms with Gasteiger partial charge in [0, 0.05) is 12.6 Å². The molecule has 0 aromatic carbocycles. The van der Waals surface area contributed by atoms with Crippen LogP contribution in [-0.4, -0.2) is 21.7 Å². The van der Waals surface area contributed by atoms with Crippen molar-refractivity contribution < 1.29 is 0 Å². The maximum absolute atomic E-state index is 5.36. The molecule has 0 spiro atoms. The number of aryl methyl sites for hydroxylation is 1. The molecule has 4 heteroatoms. The molecule has 0 fully saturated rings. The fourth-order valence-corrected chi connectivity index (χ4v) is 0.994. The van der Waals surface area contributed by atoms with Crippen LogP contribution in [0, 0.1) is 0 Å². The van der Waals surface area contributed by atoms with Gasteiger partial charge in [-0.2, -0.15) is 5.10 Å². The van der Waals surface area contributed by atoms with Gasteiger partial charge in [0.2, 0.25) is 0 Å². The van der Waals surface area contributed by atoms with E-state index in [1.54, 1.807) is 12.4 Å². The van der Waals surface area contributed by atoms with Crippen molar-refractivity contribution >= 4 is 0 Å². The third-order valence-electron chi connectivity index (χ3n) is 1.63. The molecule has 1 rings (SSSR count). The first kappa shape index (κ1) is 9.06. The van der Waals surface area contributed by atoms with Crippen molar-refractivity contribution in [2.24, 2.45) is 5.73 Å². The molecule has 66 valence electrons. The number of unbranched alkanes of at least 4 members (excludes halogenated alkanes) is 2. The predicted molar refractivity (Wildman–Crippen MR) is 46.4 cm³/mol. The van der Waals surface area contributed by atoms with Crippen molar-refractivity contribution in [1.82, 2.24) is 15.2 Å². The Labute approximate surface area is 72.2 Å². The average molecular weight is 166 g/mol. The van der Waals surface area contributed by atoms with E-state index in [9.17, 15) is 0 Å². The first-order chi connectivity index (χ1) is 5.93. The standard InChI is InChI=1S/C8H14N4/c9-5-3-1-2-4-8-10-6-7-11-12-8/h6-7H,1-5,9H2. The molecule has 12 heavy (non-hydrogen) atoms. The first-order valence-corrected chi connectivity index (χ1v) is 4.26. The summed E-state index contributed by atoms with van der Waals surface area (Å²) in [7, 11) is 0. The Hall–Kier alpha value is -1.03. The maximum atomic E-state index is 5.36. The van der Waals surface area contributed by atoms with Gasteiger partial charge >= 0.3 is 0 Å². The van der Waals surface area contributed by atoms with Crippen molar-refractivity contribution in [2.45, 2.75) is 25.7 Å². The predicted octanol–water partition coefficient (Wildman–Crippen LogP) is 0.543. The minimum absolute atomic E-state index is 0.772. The summed E-state index contributed by atoms with van der Waals surface area (Å²) in [5, 5.41) is 7.63. The van der Waals surface area contributed by atoms with E-state index in [2.05, 4.69) is 15.2 Å². The first-order valence-electron chi connectivity index (χ1n) is 4.26. The van der Waals surface area contributed by atoms with Gasteiger partial charge in [-0.3, -0.25) is 0 Å². The van der Waals surface area contributed by atoms with Crippen molar-refractivity contribution in [3.05, 3.63) is 18.2 Å². The van der Waals surface area contributed by atoms with Crippen LogP contribution >= 0.6 is 0 Å². The molecular formula is C8H14N4. The number of hydrogen-bond acceptors (Lipinski definition) is 4. The highest BCUT2D eigenvalue weighted by atomic mass is 15.1. The lowest BCUT2D eigenvalue weighted by atomic mass is 10.2. The summed E-state index contributed by atoms with van der Waals surface area (Å²) in [5.74, 6) is 0.828. The Morgan fingerprint density at radius 2 is 2.08 bits per heavy atom.